The van der Waals surface area contributed by atoms with Gasteiger partial charge in [-0.3, -0.25) is 14.4 Å². The van der Waals surface area contributed by atoms with E-state index >= 15 is 0 Å². The predicted molar refractivity (Wildman–Crippen MR) is 325 cm³/mol. The fourth-order valence-electron chi connectivity index (χ4n) is 8.02. The van der Waals surface area contributed by atoms with E-state index in [1.807, 2.05) is 0 Å². The summed E-state index contributed by atoms with van der Waals surface area (Å²) in [5.41, 5.74) is 0. The molecule has 0 heterocycles. The maximum atomic E-state index is 12.8. The molecule has 424 valence electrons. The molecule has 0 aromatic rings. The molecular weight excluding hydrogens is 925 g/mol. The van der Waals surface area contributed by atoms with Crippen molar-refractivity contribution in [2.75, 3.05) is 13.2 Å². The monoisotopic (exact) mass is 1040 g/mol. The van der Waals surface area contributed by atoms with Crippen LogP contribution in [-0.4, -0.2) is 37.2 Å². The number of hydrogen-bond acceptors (Lipinski definition) is 6. The largest absolute Gasteiger partial charge is 0.462 e. The molecule has 1 unspecified atom stereocenters. The zero-order chi connectivity index (χ0) is 54.3. The minimum absolute atomic E-state index is 0.0914. The van der Waals surface area contributed by atoms with Crippen molar-refractivity contribution in [3.8, 4) is 0 Å². The summed E-state index contributed by atoms with van der Waals surface area (Å²) in [6.07, 6.45) is 87.5. The lowest BCUT2D eigenvalue weighted by molar-refractivity contribution is -0.167. The van der Waals surface area contributed by atoms with Crippen LogP contribution in [0.2, 0.25) is 0 Å². The van der Waals surface area contributed by atoms with Gasteiger partial charge in [0.15, 0.2) is 6.10 Å². The molecule has 0 aromatic heterocycles. The van der Waals surface area contributed by atoms with Crippen LogP contribution in [0.5, 0.6) is 0 Å². The first-order chi connectivity index (χ1) is 37.0. The maximum Gasteiger partial charge on any atom is 0.306 e. The van der Waals surface area contributed by atoms with E-state index in [4.69, 9.17) is 14.2 Å². The summed E-state index contributed by atoms with van der Waals surface area (Å²) < 4.78 is 16.8. The average molecular weight is 1040 g/mol. The molecular formula is C69H112O6. The summed E-state index contributed by atoms with van der Waals surface area (Å²) in [4.78, 5) is 38.0. The molecule has 0 aliphatic carbocycles. The number of hydrogen-bond donors (Lipinski definition) is 0. The molecule has 0 saturated heterocycles. The highest BCUT2D eigenvalue weighted by atomic mass is 16.6. The van der Waals surface area contributed by atoms with Crippen LogP contribution in [0.25, 0.3) is 0 Å². The van der Waals surface area contributed by atoms with Crippen molar-refractivity contribution in [1.82, 2.24) is 0 Å². The van der Waals surface area contributed by atoms with Gasteiger partial charge < -0.3 is 14.2 Å². The van der Waals surface area contributed by atoms with E-state index in [9.17, 15) is 14.4 Å². The molecule has 6 nitrogen and oxygen atoms in total. The van der Waals surface area contributed by atoms with Gasteiger partial charge in [0.25, 0.3) is 0 Å². The third-order valence-electron chi connectivity index (χ3n) is 12.6. The van der Waals surface area contributed by atoms with Gasteiger partial charge in [-0.15, -0.1) is 0 Å². The first kappa shape index (κ1) is 70.5. The van der Waals surface area contributed by atoms with E-state index < -0.39 is 6.10 Å². The van der Waals surface area contributed by atoms with Crippen molar-refractivity contribution in [1.29, 1.82) is 0 Å². The van der Waals surface area contributed by atoms with Crippen LogP contribution < -0.4 is 0 Å². The number of allylic oxidation sites excluding steroid dienone is 22. The standard InChI is InChI=1S/C69H112O6/c1-4-7-10-13-16-19-22-24-25-26-27-28-29-30-31-32-33-34-35-36-37-38-39-40-41-42-43-44-45-46-48-50-53-56-59-62-68(71)74-65-66(64-73-67(70)61-58-55-52-49-21-18-15-12-9-6-3)75-69(72)63-60-57-54-51-47-23-20-17-14-11-8-5-2/h7,10,12,15-17,19-20,24-25,27-28,30-31,33-34,36-37,39-40,42-43,66H,4-6,8-9,11,13-14,18,21-23,26,29,32,35,38,41,44-65H2,1-3H3/b10-7-,15-12-,19-16-,20-17-,25-24-,28-27-,31-30-,34-33-,37-36-,40-39-,43-42-. The fourth-order valence-corrected chi connectivity index (χ4v) is 8.02. The average Bonchev–Trinajstić information content (AvgIpc) is 3.41. The number of esters is 3. The Bertz CT molecular complexity index is 1620. The fraction of sp³-hybridized carbons (Fsp3) is 0.638. The molecule has 75 heavy (non-hydrogen) atoms. The zero-order valence-corrected chi connectivity index (χ0v) is 48.5. The minimum Gasteiger partial charge on any atom is -0.462 e. The van der Waals surface area contributed by atoms with Crippen LogP contribution in [0, 0.1) is 0 Å². The van der Waals surface area contributed by atoms with Gasteiger partial charge in [-0.1, -0.05) is 244 Å². The van der Waals surface area contributed by atoms with Crippen LogP contribution in [-0.2, 0) is 28.6 Å². The molecule has 0 aliphatic heterocycles. The highest BCUT2D eigenvalue weighted by Gasteiger charge is 2.19. The first-order valence-corrected chi connectivity index (χ1v) is 30.7. The minimum atomic E-state index is -0.792. The van der Waals surface area contributed by atoms with Crippen molar-refractivity contribution in [2.24, 2.45) is 0 Å². The van der Waals surface area contributed by atoms with Crippen molar-refractivity contribution >= 4 is 17.9 Å². The van der Waals surface area contributed by atoms with Gasteiger partial charge in [-0.05, 0) is 135 Å². The number of unbranched alkanes of at least 4 members (excludes halogenated alkanes) is 21. The molecule has 6 heteroatoms. The van der Waals surface area contributed by atoms with Crippen molar-refractivity contribution in [3.63, 3.8) is 0 Å². The van der Waals surface area contributed by atoms with Gasteiger partial charge in [0.1, 0.15) is 13.2 Å². The molecule has 0 bridgehead atoms. The second-order valence-corrected chi connectivity index (χ2v) is 19.9. The van der Waals surface area contributed by atoms with E-state index in [0.717, 1.165) is 154 Å². The van der Waals surface area contributed by atoms with E-state index in [1.165, 1.54) is 70.6 Å². The molecule has 0 amide bonds. The van der Waals surface area contributed by atoms with Crippen LogP contribution in [0.4, 0.5) is 0 Å². The Hall–Kier alpha value is -4.45. The molecule has 0 aliphatic rings. The van der Waals surface area contributed by atoms with Gasteiger partial charge in [-0.2, -0.15) is 0 Å². The van der Waals surface area contributed by atoms with E-state index in [0.29, 0.717) is 19.3 Å². The Labute approximate surface area is 462 Å². The van der Waals surface area contributed by atoms with Crippen LogP contribution >= 0.6 is 0 Å². The smallest absolute Gasteiger partial charge is 0.306 e. The third-order valence-corrected chi connectivity index (χ3v) is 12.6. The number of carbonyl (C=O) groups is 3. The molecule has 0 saturated carbocycles. The summed E-state index contributed by atoms with van der Waals surface area (Å²) in [5, 5.41) is 0. The molecule has 0 rings (SSSR count). The quantitative estimate of drug-likeness (QED) is 0.0261. The summed E-state index contributed by atoms with van der Waals surface area (Å²) in [6, 6.07) is 0. The maximum absolute atomic E-state index is 12.8. The van der Waals surface area contributed by atoms with Gasteiger partial charge in [0.2, 0.25) is 0 Å². The van der Waals surface area contributed by atoms with Gasteiger partial charge in [0, 0.05) is 19.3 Å². The Morgan fingerprint density at radius 2 is 0.547 bits per heavy atom. The van der Waals surface area contributed by atoms with Crippen LogP contribution in [0.3, 0.4) is 0 Å². The van der Waals surface area contributed by atoms with Crippen molar-refractivity contribution in [3.05, 3.63) is 134 Å². The van der Waals surface area contributed by atoms with Crippen LogP contribution in [0.1, 0.15) is 265 Å². The number of carbonyl (C=O) groups excluding carboxylic acids is 3. The Morgan fingerprint density at radius 1 is 0.280 bits per heavy atom. The molecule has 1 atom stereocenters. The van der Waals surface area contributed by atoms with Gasteiger partial charge in [0.05, 0.1) is 0 Å². The Kier molecular flexibility index (Phi) is 58.4. The Balaban J connectivity index is 4.18. The third kappa shape index (κ3) is 60.3. The Morgan fingerprint density at radius 3 is 0.880 bits per heavy atom. The second-order valence-electron chi connectivity index (χ2n) is 19.9. The second kappa shape index (κ2) is 62.1. The lowest BCUT2D eigenvalue weighted by Gasteiger charge is -2.18. The summed E-state index contributed by atoms with van der Waals surface area (Å²) in [7, 11) is 0. The van der Waals surface area contributed by atoms with Crippen molar-refractivity contribution in [2.45, 2.75) is 271 Å². The van der Waals surface area contributed by atoms with Gasteiger partial charge >= 0.3 is 17.9 Å². The highest BCUT2D eigenvalue weighted by molar-refractivity contribution is 5.71. The summed E-state index contributed by atoms with van der Waals surface area (Å²) >= 11 is 0. The summed E-state index contributed by atoms with van der Waals surface area (Å²) in [6.45, 7) is 6.41. The molecule has 0 aromatic carbocycles. The van der Waals surface area contributed by atoms with Crippen LogP contribution in [0.15, 0.2) is 134 Å². The molecule has 0 radical (unpaired) electrons. The number of ether oxygens (including phenoxy) is 3. The lowest BCUT2D eigenvalue weighted by atomic mass is 10.1. The molecule has 0 fully saturated rings. The highest BCUT2D eigenvalue weighted by Crippen LogP contribution is 2.14. The van der Waals surface area contributed by atoms with E-state index in [-0.39, 0.29) is 31.1 Å². The lowest BCUT2D eigenvalue weighted by Crippen LogP contribution is -2.30. The zero-order valence-electron chi connectivity index (χ0n) is 48.5. The van der Waals surface area contributed by atoms with E-state index in [1.54, 1.807) is 0 Å². The van der Waals surface area contributed by atoms with Gasteiger partial charge in [-0.25, -0.2) is 0 Å². The molecule has 0 spiro atoms. The molecule has 0 N–H and O–H groups in total. The number of rotatable bonds is 54. The topological polar surface area (TPSA) is 78.9 Å². The normalized spacial score (nSPS) is 13.1. The summed E-state index contributed by atoms with van der Waals surface area (Å²) in [5.74, 6) is -0.926. The first-order valence-electron chi connectivity index (χ1n) is 30.7. The van der Waals surface area contributed by atoms with E-state index in [2.05, 4.69) is 154 Å². The SMILES string of the molecule is CC/C=C\C/C=C\C/C=C\C/C=C\C/C=C\C/C=C\C/C=C\C/C=C\C/C=C\CCCCCCCCCC(=O)OCC(COC(=O)CCCCCCC/C=C\CCC)OC(=O)CCCCCCC/C=C\CCCCC. The van der Waals surface area contributed by atoms with Crippen molar-refractivity contribution < 1.29 is 28.6 Å². The predicted octanol–water partition coefficient (Wildman–Crippen LogP) is 21.0.